The third-order valence-electron chi connectivity index (χ3n) is 6.79. The van der Waals surface area contributed by atoms with Crippen LogP contribution in [0.3, 0.4) is 0 Å². The zero-order chi connectivity index (χ0) is 29.4. The van der Waals surface area contributed by atoms with Gasteiger partial charge in [0.05, 0.1) is 10.6 Å². The fourth-order valence-corrected chi connectivity index (χ4v) is 5.95. The third kappa shape index (κ3) is 7.86. The van der Waals surface area contributed by atoms with Crippen molar-refractivity contribution in [1.29, 1.82) is 0 Å². The van der Waals surface area contributed by atoms with Gasteiger partial charge in [-0.25, -0.2) is 8.42 Å². The van der Waals surface area contributed by atoms with Crippen molar-refractivity contribution in [3.8, 4) is 0 Å². The van der Waals surface area contributed by atoms with E-state index in [4.69, 9.17) is 11.6 Å². The van der Waals surface area contributed by atoms with Crippen LogP contribution in [0, 0.1) is 13.8 Å². The van der Waals surface area contributed by atoms with E-state index in [0.29, 0.717) is 17.1 Å². The molecule has 3 rings (SSSR count). The van der Waals surface area contributed by atoms with Gasteiger partial charge < -0.3 is 10.2 Å². The molecule has 214 valence electrons. The first-order valence-corrected chi connectivity index (χ1v) is 15.3. The topological polar surface area (TPSA) is 86.8 Å². The van der Waals surface area contributed by atoms with E-state index in [0.717, 1.165) is 27.4 Å². The van der Waals surface area contributed by atoms with Crippen molar-refractivity contribution < 1.29 is 18.0 Å². The normalized spacial score (nSPS) is 12.8. The largest absolute Gasteiger partial charge is 0.352 e. The van der Waals surface area contributed by atoms with Crippen LogP contribution in [0.15, 0.2) is 77.7 Å². The van der Waals surface area contributed by atoms with Gasteiger partial charge >= 0.3 is 0 Å². The number of amides is 2. The number of benzene rings is 3. The number of aryl methyl sites for hydroxylation is 2. The number of nitrogens with zero attached hydrogens (tertiary/aromatic N) is 2. The molecule has 0 aliphatic heterocycles. The highest BCUT2D eigenvalue weighted by Gasteiger charge is 2.34. The Morgan fingerprint density at radius 1 is 0.900 bits per heavy atom. The zero-order valence-electron chi connectivity index (χ0n) is 23.7. The second-order valence-corrected chi connectivity index (χ2v) is 12.4. The minimum atomic E-state index is -4.14. The first-order valence-electron chi connectivity index (χ1n) is 13.5. The van der Waals surface area contributed by atoms with E-state index in [1.54, 1.807) is 18.2 Å². The predicted molar refractivity (Wildman–Crippen MR) is 161 cm³/mol. The smallest absolute Gasteiger partial charge is 0.264 e. The number of sulfonamides is 1. The standard InChI is InChI=1S/C31H38ClN3O4S/c1-6-24(5)33-31(37)29(7-2)34(20-25-12-8-10-22(3)18-25)30(36)21-35(27-13-9-11-23(4)19-27)40(38,39)28-16-14-26(32)15-17-28/h8-19,24,29H,6-7,20-21H2,1-5H3,(H,33,37)/t24-,29-/m0/s1. The number of nitrogens with one attached hydrogen (secondary N) is 1. The van der Waals surface area contributed by atoms with Gasteiger partial charge in [0, 0.05) is 17.6 Å². The lowest BCUT2D eigenvalue weighted by Gasteiger charge is -2.34. The van der Waals surface area contributed by atoms with E-state index in [2.05, 4.69) is 5.32 Å². The molecule has 0 aliphatic rings. The number of rotatable bonds is 12. The van der Waals surface area contributed by atoms with Crippen LogP contribution in [0.5, 0.6) is 0 Å². The summed E-state index contributed by atoms with van der Waals surface area (Å²) >= 11 is 6.01. The maximum absolute atomic E-state index is 14.1. The molecule has 0 unspecified atom stereocenters. The minimum Gasteiger partial charge on any atom is -0.352 e. The Morgan fingerprint density at radius 3 is 2.10 bits per heavy atom. The van der Waals surface area contributed by atoms with Crippen LogP contribution < -0.4 is 9.62 Å². The van der Waals surface area contributed by atoms with Gasteiger partial charge in [0.1, 0.15) is 12.6 Å². The molecule has 0 saturated heterocycles. The minimum absolute atomic E-state index is 0.0120. The summed E-state index contributed by atoms with van der Waals surface area (Å²) in [4.78, 5) is 29.0. The molecular formula is C31H38ClN3O4S. The van der Waals surface area contributed by atoms with E-state index in [-0.39, 0.29) is 23.4 Å². The Morgan fingerprint density at radius 2 is 1.52 bits per heavy atom. The van der Waals surface area contributed by atoms with Crippen molar-refractivity contribution >= 4 is 39.1 Å². The Labute approximate surface area is 243 Å². The summed E-state index contributed by atoms with van der Waals surface area (Å²) in [6.45, 7) is 9.23. The van der Waals surface area contributed by atoms with Crippen LogP contribution in [0.25, 0.3) is 0 Å². The van der Waals surface area contributed by atoms with Crippen LogP contribution in [-0.4, -0.2) is 43.8 Å². The van der Waals surface area contributed by atoms with Crippen molar-refractivity contribution in [2.75, 3.05) is 10.8 Å². The van der Waals surface area contributed by atoms with Crippen LogP contribution in [-0.2, 0) is 26.2 Å². The molecule has 2 amide bonds. The van der Waals surface area contributed by atoms with Crippen LogP contribution >= 0.6 is 11.6 Å². The van der Waals surface area contributed by atoms with Gasteiger partial charge in [-0.1, -0.05) is 67.4 Å². The average Bonchev–Trinajstić information content (AvgIpc) is 2.91. The summed E-state index contributed by atoms with van der Waals surface area (Å²) < 4.78 is 28.9. The maximum Gasteiger partial charge on any atom is 0.264 e. The van der Waals surface area contributed by atoms with Crippen LogP contribution in [0.2, 0.25) is 5.02 Å². The van der Waals surface area contributed by atoms with Gasteiger partial charge in [0.25, 0.3) is 10.0 Å². The Bertz CT molecular complexity index is 1430. The first kappa shape index (κ1) is 31.2. The highest BCUT2D eigenvalue weighted by atomic mass is 35.5. The van der Waals surface area contributed by atoms with Gasteiger partial charge in [0.15, 0.2) is 0 Å². The predicted octanol–water partition coefficient (Wildman–Crippen LogP) is 5.87. The summed E-state index contributed by atoms with van der Waals surface area (Å²) in [6, 6.07) is 19.7. The SMILES string of the molecule is CC[C@H](C)NC(=O)[C@H](CC)N(Cc1cccc(C)c1)C(=O)CN(c1cccc(C)c1)S(=O)(=O)c1ccc(Cl)cc1. The molecule has 0 aliphatic carbocycles. The van der Waals surface area contributed by atoms with Gasteiger partial charge in [-0.15, -0.1) is 0 Å². The van der Waals surface area contributed by atoms with E-state index in [9.17, 15) is 18.0 Å². The molecule has 0 saturated carbocycles. The number of hydrogen-bond acceptors (Lipinski definition) is 4. The third-order valence-corrected chi connectivity index (χ3v) is 8.83. The number of hydrogen-bond donors (Lipinski definition) is 1. The summed E-state index contributed by atoms with van der Waals surface area (Å²) in [5.74, 6) is -0.743. The number of carbonyl (C=O) groups excluding carboxylic acids is 2. The van der Waals surface area contributed by atoms with Crippen LogP contribution in [0.1, 0.15) is 50.3 Å². The molecule has 2 atom stereocenters. The molecule has 0 fully saturated rings. The molecule has 0 heterocycles. The van der Waals surface area contributed by atoms with Crippen molar-refractivity contribution in [2.45, 2.75) is 71.0 Å². The molecule has 0 spiro atoms. The lowest BCUT2D eigenvalue weighted by atomic mass is 10.1. The van der Waals surface area contributed by atoms with Gasteiger partial charge in [0.2, 0.25) is 11.8 Å². The summed E-state index contributed by atoms with van der Waals surface area (Å²) in [5.41, 5.74) is 3.08. The Kier molecular flexibility index (Phi) is 10.8. The summed E-state index contributed by atoms with van der Waals surface area (Å²) in [5, 5.41) is 3.39. The summed E-state index contributed by atoms with van der Waals surface area (Å²) in [7, 11) is -4.14. The zero-order valence-corrected chi connectivity index (χ0v) is 25.3. The molecule has 9 heteroatoms. The molecule has 7 nitrogen and oxygen atoms in total. The quantitative estimate of drug-likeness (QED) is 0.289. The number of halogens is 1. The highest BCUT2D eigenvalue weighted by Crippen LogP contribution is 2.26. The molecule has 0 aromatic heterocycles. The van der Waals surface area contributed by atoms with Gasteiger partial charge in [-0.05, 0) is 81.1 Å². The van der Waals surface area contributed by atoms with Crippen molar-refractivity contribution in [2.24, 2.45) is 0 Å². The molecule has 3 aromatic carbocycles. The maximum atomic E-state index is 14.1. The van der Waals surface area contributed by atoms with E-state index < -0.39 is 28.5 Å². The highest BCUT2D eigenvalue weighted by molar-refractivity contribution is 7.92. The van der Waals surface area contributed by atoms with E-state index >= 15 is 0 Å². The van der Waals surface area contributed by atoms with E-state index in [1.165, 1.54) is 29.2 Å². The molecule has 40 heavy (non-hydrogen) atoms. The molecule has 1 N–H and O–H groups in total. The number of anilines is 1. The van der Waals surface area contributed by atoms with Crippen molar-refractivity contribution in [3.63, 3.8) is 0 Å². The lowest BCUT2D eigenvalue weighted by molar-refractivity contribution is -0.140. The fourth-order valence-electron chi connectivity index (χ4n) is 4.41. The van der Waals surface area contributed by atoms with Crippen LogP contribution in [0.4, 0.5) is 5.69 Å². The molecule has 0 bridgehead atoms. The Hall–Kier alpha value is -3.36. The second-order valence-electron chi connectivity index (χ2n) is 10.1. The molecule has 0 radical (unpaired) electrons. The average molecular weight is 584 g/mol. The fraction of sp³-hybridized carbons (Fsp3) is 0.355. The first-order chi connectivity index (χ1) is 19.0. The summed E-state index contributed by atoms with van der Waals surface area (Å²) in [6.07, 6.45) is 1.11. The van der Waals surface area contributed by atoms with Gasteiger partial charge in [-0.2, -0.15) is 0 Å². The lowest BCUT2D eigenvalue weighted by Crippen LogP contribution is -2.53. The second kappa shape index (κ2) is 13.8. The Balaban J connectivity index is 2.06. The van der Waals surface area contributed by atoms with Gasteiger partial charge in [-0.3, -0.25) is 13.9 Å². The number of carbonyl (C=O) groups is 2. The monoisotopic (exact) mass is 583 g/mol. The van der Waals surface area contributed by atoms with Crippen molar-refractivity contribution in [3.05, 3.63) is 94.5 Å². The molecular weight excluding hydrogens is 546 g/mol. The van der Waals surface area contributed by atoms with E-state index in [1.807, 2.05) is 65.0 Å². The van der Waals surface area contributed by atoms with Crippen molar-refractivity contribution in [1.82, 2.24) is 10.2 Å². The molecule has 3 aromatic rings.